The minimum atomic E-state index is -0.104. The summed E-state index contributed by atoms with van der Waals surface area (Å²) in [5.74, 6) is 0.802. The molecule has 0 radical (unpaired) electrons. The van der Waals surface area contributed by atoms with Gasteiger partial charge in [-0.3, -0.25) is 4.98 Å². The summed E-state index contributed by atoms with van der Waals surface area (Å²) in [4.78, 5) is 3.94. The van der Waals surface area contributed by atoms with Crippen LogP contribution in [0.5, 0.6) is 11.5 Å². The number of ether oxygens (including phenoxy) is 1. The third kappa shape index (κ3) is 3.27. The van der Waals surface area contributed by atoms with Crippen molar-refractivity contribution in [1.29, 1.82) is 0 Å². The van der Waals surface area contributed by atoms with Gasteiger partial charge in [0, 0.05) is 17.3 Å². The Morgan fingerprint density at radius 2 is 2.05 bits per heavy atom. The van der Waals surface area contributed by atoms with E-state index in [0.29, 0.717) is 27.2 Å². The third-order valence-corrected chi connectivity index (χ3v) is 2.75. The number of aromatic nitrogens is 1. The molecule has 7 heteroatoms. The van der Waals surface area contributed by atoms with Crippen molar-refractivity contribution in [2.75, 3.05) is 0 Å². The highest BCUT2D eigenvalue weighted by Crippen LogP contribution is 2.31. The smallest absolute Gasteiger partial charge is 0.188 e. The molecule has 1 aromatic carbocycles. The zero-order valence-electron chi connectivity index (χ0n) is 9.55. The fraction of sp³-hybridized carbons (Fsp3) is 0. The molecule has 0 saturated carbocycles. The van der Waals surface area contributed by atoms with Crippen molar-refractivity contribution in [3.63, 3.8) is 0 Å². The number of pyridine rings is 1. The van der Waals surface area contributed by atoms with Gasteiger partial charge in [0.25, 0.3) is 0 Å². The molecule has 0 atom stereocenters. The lowest BCUT2D eigenvalue weighted by Crippen LogP contribution is -2.14. The molecule has 0 aliphatic rings. The predicted molar refractivity (Wildman–Crippen MR) is 73.3 cm³/mol. The Bertz CT molecular complexity index is 632. The van der Waals surface area contributed by atoms with Crippen LogP contribution in [0.3, 0.4) is 0 Å². The van der Waals surface area contributed by atoms with Gasteiger partial charge in [-0.1, -0.05) is 28.4 Å². The highest BCUT2D eigenvalue weighted by atomic mass is 35.5. The molecule has 0 aliphatic carbocycles. The van der Waals surface area contributed by atoms with Gasteiger partial charge in [-0.15, -0.1) is 0 Å². The topological polar surface area (TPSA) is 80.7 Å². The number of nitrogens with zero attached hydrogens (tertiary/aromatic N) is 2. The van der Waals surface area contributed by atoms with E-state index >= 15 is 0 Å². The van der Waals surface area contributed by atoms with Gasteiger partial charge in [0.1, 0.15) is 17.2 Å². The first-order chi connectivity index (χ1) is 9.10. The SMILES string of the molecule is NC(=NO)c1cc(Oc2ccc(Cl)cc2Cl)ccn1. The summed E-state index contributed by atoms with van der Waals surface area (Å²) in [6.07, 6.45) is 1.48. The van der Waals surface area contributed by atoms with E-state index in [0.717, 1.165) is 0 Å². The van der Waals surface area contributed by atoms with Crippen LogP contribution >= 0.6 is 23.2 Å². The number of amidine groups is 1. The van der Waals surface area contributed by atoms with Crippen LogP contribution in [-0.4, -0.2) is 16.0 Å². The molecule has 0 fully saturated rings. The first-order valence-electron chi connectivity index (χ1n) is 5.17. The van der Waals surface area contributed by atoms with Gasteiger partial charge < -0.3 is 15.7 Å². The summed E-state index contributed by atoms with van der Waals surface area (Å²) in [5, 5.41) is 12.4. The van der Waals surface area contributed by atoms with Crippen molar-refractivity contribution in [3.05, 3.63) is 52.3 Å². The predicted octanol–water partition coefficient (Wildman–Crippen LogP) is 3.28. The molecule has 5 nitrogen and oxygen atoms in total. The van der Waals surface area contributed by atoms with Crippen LogP contribution in [0.4, 0.5) is 0 Å². The lowest BCUT2D eigenvalue weighted by atomic mass is 10.3. The molecular formula is C12H9Cl2N3O2. The van der Waals surface area contributed by atoms with Crippen LogP contribution in [0.1, 0.15) is 5.69 Å². The molecule has 3 N–H and O–H groups in total. The van der Waals surface area contributed by atoms with E-state index in [1.165, 1.54) is 12.3 Å². The van der Waals surface area contributed by atoms with E-state index in [1.807, 2.05) is 0 Å². The Morgan fingerprint density at radius 3 is 2.74 bits per heavy atom. The number of hydrogen-bond donors (Lipinski definition) is 2. The highest BCUT2D eigenvalue weighted by molar-refractivity contribution is 6.35. The molecule has 0 bridgehead atoms. The van der Waals surface area contributed by atoms with Crippen molar-refractivity contribution < 1.29 is 9.94 Å². The third-order valence-electron chi connectivity index (χ3n) is 2.22. The maximum absolute atomic E-state index is 8.59. The Balaban J connectivity index is 2.28. The molecule has 19 heavy (non-hydrogen) atoms. The molecule has 0 amide bonds. The Hall–Kier alpha value is -1.98. The molecule has 1 aromatic heterocycles. The van der Waals surface area contributed by atoms with Crippen molar-refractivity contribution in [2.45, 2.75) is 0 Å². The zero-order valence-corrected chi connectivity index (χ0v) is 11.1. The van der Waals surface area contributed by atoms with Gasteiger partial charge in [0.2, 0.25) is 0 Å². The molecule has 2 aromatic rings. The summed E-state index contributed by atoms with van der Waals surface area (Å²) in [6, 6.07) is 8.03. The number of benzene rings is 1. The number of rotatable bonds is 3. The van der Waals surface area contributed by atoms with Gasteiger partial charge in [-0.25, -0.2) is 0 Å². The van der Waals surface area contributed by atoms with Crippen molar-refractivity contribution in [3.8, 4) is 11.5 Å². The average Bonchev–Trinajstić information content (AvgIpc) is 2.41. The molecule has 0 unspecified atom stereocenters. The van der Waals surface area contributed by atoms with E-state index in [2.05, 4.69) is 10.1 Å². The van der Waals surface area contributed by atoms with E-state index in [9.17, 15) is 0 Å². The number of hydrogen-bond acceptors (Lipinski definition) is 4. The van der Waals surface area contributed by atoms with Crippen LogP contribution in [0.2, 0.25) is 10.0 Å². The molecular weight excluding hydrogens is 289 g/mol. The number of oxime groups is 1. The molecule has 1 heterocycles. The zero-order chi connectivity index (χ0) is 13.8. The van der Waals surface area contributed by atoms with Gasteiger partial charge in [0.15, 0.2) is 5.84 Å². The minimum absolute atomic E-state index is 0.104. The van der Waals surface area contributed by atoms with E-state index in [-0.39, 0.29) is 5.84 Å². The summed E-state index contributed by atoms with van der Waals surface area (Å²) < 4.78 is 5.58. The second-order valence-electron chi connectivity index (χ2n) is 3.54. The van der Waals surface area contributed by atoms with E-state index in [4.69, 9.17) is 38.9 Å². The first-order valence-corrected chi connectivity index (χ1v) is 5.92. The molecule has 0 aliphatic heterocycles. The van der Waals surface area contributed by atoms with E-state index in [1.54, 1.807) is 24.3 Å². The fourth-order valence-corrected chi connectivity index (χ4v) is 1.80. The van der Waals surface area contributed by atoms with Crippen molar-refractivity contribution in [2.24, 2.45) is 10.9 Å². The molecule has 98 valence electrons. The molecule has 0 saturated heterocycles. The van der Waals surface area contributed by atoms with Crippen LogP contribution in [-0.2, 0) is 0 Å². The van der Waals surface area contributed by atoms with Crippen molar-refractivity contribution >= 4 is 29.0 Å². The lowest BCUT2D eigenvalue weighted by Gasteiger charge is -2.08. The summed E-state index contributed by atoms with van der Waals surface area (Å²) in [6.45, 7) is 0. The highest BCUT2D eigenvalue weighted by Gasteiger charge is 2.07. The summed E-state index contributed by atoms with van der Waals surface area (Å²) in [7, 11) is 0. The standard InChI is InChI=1S/C12H9Cl2N3O2/c13-7-1-2-11(9(14)5-7)19-8-3-4-16-10(6-8)12(15)17-18/h1-6,18H,(H2,15,17). The summed E-state index contributed by atoms with van der Waals surface area (Å²) in [5.41, 5.74) is 5.74. The number of nitrogens with two attached hydrogens (primary N) is 1. The fourth-order valence-electron chi connectivity index (χ4n) is 1.35. The van der Waals surface area contributed by atoms with Gasteiger partial charge in [0.05, 0.1) is 5.02 Å². The lowest BCUT2D eigenvalue weighted by molar-refractivity contribution is 0.318. The normalized spacial score (nSPS) is 11.4. The summed E-state index contributed by atoms with van der Waals surface area (Å²) >= 11 is 11.8. The number of halogens is 2. The molecule has 0 spiro atoms. The van der Waals surface area contributed by atoms with Crippen LogP contribution < -0.4 is 10.5 Å². The van der Waals surface area contributed by atoms with Gasteiger partial charge in [-0.2, -0.15) is 0 Å². The van der Waals surface area contributed by atoms with Crippen LogP contribution in [0.15, 0.2) is 41.7 Å². The second kappa shape index (κ2) is 5.77. The maximum Gasteiger partial charge on any atom is 0.188 e. The maximum atomic E-state index is 8.59. The quantitative estimate of drug-likeness (QED) is 0.394. The molecule has 2 rings (SSSR count). The minimum Gasteiger partial charge on any atom is -0.456 e. The first kappa shape index (κ1) is 13.5. The largest absolute Gasteiger partial charge is 0.456 e. The monoisotopic (exact) mass is 297 g/mol. The Kier molecular flexibility index (Phi) is 4.09. The Labute approximate surface area is 119 Å². The van der Waals surface area contributed by atoms with Crippen LogP contribution in [0, 0.1) is 0 Å². The average molecular weight is 298 g/mol. The van der Waals surface area contributed by atoms with Gasteiger partial charge >= 0.3 is 0 Å². The second-order valence-corrected chi connectivity index (χ2v) is 4.38. The van der Waals surface area contributed by atoms with Crippen molar-refractivity contribution in [1.82, 2.24) is 4.98 Å². The van der Waals surface area contributed by atoms with E-state index < -0.39 is 0 Å². The van der Waals surface area contributed by atoms with Crippen LogP contribution in [0.25, 0.3) is 0 Å². The Morgan fingerprint density at radius 1 is 1.26 bits per heavy atom. The van der Waals surface area contributed by atoms with Gasteiger partial charge in [-0.05, 0) is 24.3 Å².